The third kappa shape index (κ3) is 6.09. The van der Waals surface area contributed by atoms with Crippen molar-refractivity contribution in [2.75, 3.05) is 24.6 Å². The summed E-state index contributed by atoms with van der Waals surface area (Å²) in [5.74, 6) is -2.17. The van der Waals surface area contributed by atoms with Gasteiger partial charge in [0.05, 0.1) is 24.0 Å². The first-order valence-electron chi connectivity index (χ1n) is 14.9. The van der Waals surface area contributed by atoms with Crippen molar-refractivity contribution in [1.29, 1.82) is 0 Å². The van der Waals surface area contributed by atoms with Crippen LogP contribution in [-0.2, 0) is 17.3 Å². The maximum absolute atomic E-state index is 14.7. The summed E-state index contributed by atoms with van der Waals surface area (Å²) in [7, 11) is -1.98. The Labute approximate surface area is 252 Å². The van der Waals surface area contributed by atoms with Crippen LogP contribution >= 0.6 is 0 Å². The minimum absolute atomic E-state index is 0.0589. The lowest BCUT2D eigenvalue weighted by atomic mass is 9.87. The summed E-state index contributed by atoms with van der Waals surface area (Å²) in [6.07, 6.45) is 2.39. The molecule has 2 aliphatic rings. The molecule has 0 amide bonds. The van der Waals surface area contributed by atoms with E-state index in [1.54, 1.807) is 6.20 Å². The van der Waals surface area contributed by atoms with Gasteiger partial charge in [-0.1, -0.05) is 40.7 Å². The highest BCUT2D eigenvalue weighted by atomic mass is 28.4. The molecule has 6 nitrogen and oxygen atoms in total. The number of pyridine rings is 2. The Morgan fingerprint density at radius 1 is 1.05 bits per heavy atom. The Kier molecular flexibility index (Phi) is 8.48. The van der Waals surface area contributed by atoms with Gasteiger partial charge < -0.3 is 14.1 Å². The van der Waals surface area contributed by atoms with Crippen LogP contribution in [0.3, 0.4) is 0 Å². The second-order valence-corrected chi connectivity index (χ2v) is 18.2. The summed E-state index contributed by atoms with van der Waals surface area (Å²) >= 11 is 0. The van der Waals surface area contributed by atoms with Crippen LogP contribution in [0.25, 0.3) is 11.3 Å². The van der Waals surface area contributed by atoms with E-state index in [1.165, 1.54) is 12.1 Å². The van der Waals surface area contributed by atoms with Crippen molar-refractivity contribution in [2.45, 2.75) is 71.7 Å². The van der Waals surface area contributed by atoms with Gasteiger partial charge in [-0.3, -0.25) is 4.79 Å². The molecule has 0 bridgehead atoms. The summed E-state index contributed by atoms with van der Waals surface area (Å²) in [5.41, 5.74) is 1.40. The molecule has 2 aromatic heterocycles. The molecule has 1 saturated heterocycles. The second-order valence-electron chi connectivity index (χ2n) is 13.4. The second kappa shape index (κ2) is 11.7. The normalized spacial score (nSPS) is 20.6. The van der Waals surface area contributed by atoms with Gasteiger partial charge in [-0.25, -0.2) is 23.1 Å². The third-order valence-corrected chi connectivity index (χ3v) is 13.6. The summed E-state index contributed by atoms with van der Waals surface area (Å²) in [4.78, 5) is 24.5. The van der Waals surface area contributed by atoms with E-state index in [9.17, 15) is 18.0 Å². The van der Waals surface area contributed by atoms with E-state index in [0.29, 0.717) is 24.5 Å². The zero-order chi connectivity index (χ0) is 31.3. The Bertz CT molecular complexity index is 1510. The van der Waals surface area contributed by atoms with Crippen molar-refractivity contribution in [2.24, 2.45) is 11.8 Å². The van der Waals surface area contributed by atoms with Crippen LogP contribution < -0.4 is 9.64 Å². The smallest absolute Gasteiger partial charge is 0.218 e. The number of carbonyl (C=O) groups is 1. The number of nitrogens with zero attached hydrogens (tertiary/aromatic N) is 3. The predicted octanol–water partition coefficient (Wildman–Crippen LogP) is 7.40. The molecule has 230 valence electrons. The van der Waals surface area contributed by atoms with E-state index in [0.717, 1.165) is 42.5 Å². The molecule has 0 radical (unpaired) electrons. The minimum Gasteiger partial charge on any atom is -0.477 e. The number of Topliss-reactive ketones (excluding diaryl/α,β-unsaturated/α-hetero) is 1. The quantitative estimate of drug-likeness (QED) is 0.205. The number of benzene rings is 1. The number of halogens is 3. The molecule has 5 rings (SSSR count). The molecule has 1 aromatic carbocycles. The van der Waals surface area contributed by atoms with Crippen LogP contribution in [0.2, 0.25) is 18.1 Å². The van der Waals surface area contributed by atoms with Gasteiger partial charge in [0.15, 0.2) is 14.1 Å². The highest BCUT2D eigenvalue weighted by molar-refractivity contribution is 6.74. The molecule has 3 aromatic rings. The van der Waals surface area contributed by atoms with Crippen molar-refractivity contribution in [3.05, 3.63) is 70.8 Å². The first-order chi connectivity index (χ1) is 20.2. The number of aromatic nitrogens is 2. The number of fused-ring (bicyclic) bond motifs is 1. The lowest BCUT2D eigenvalue weighted by Gasteiger charge is -2.48. The van der Waals surface area contributed by atoms with E-state index in [4.69, 9.17) is 9.16 Å². The molecule has 43 heavy (non-hydrogen) atoms. The highest BCUT2D eigenvalue weighted by Gasteiger charge is 2.44. The minimum atomic E-state index is -1.98. The maximum atomic E-state index is 14.7. The van der Waals surface area contributed by atoms with Crippen LogP contribution in [0.4, 0.5) is 18.9 Å². The van der Waals surface area contributed by atoms with Gasteiger partial charge in [-0.05, 0) is 54.2 Å². The molecule has 0 saturated carbocycles. The first kappa shape index (κ1) is 31.2. The number of anilines is 1. The maximum Gasteiger partial charge on any atom is 0.218 e. The molecule has 1 unspecified atom stereocenters. The lowest BCUT2D eigenvalue weighted by Crippen LogP contribution is -2.54. The number of rotatable bonds is 7. The molecule has 2 aliphatic heterocycles. The summed E-state index contributed by atoms with van der Waals surface area (Å²) < 4.78 is 56.3. The first-order valence-corrected chi connectivity index (χ1v) is 17.8. The lowest BCUT2D eigenvalue weighted by molar-refractivity contribution is 0.0626. The van der Waals surface area contributed by atoms with Gasteiger partial charge in [0.1, 0.15) is 28.8 Å². The van der Waals surface area contributed by atoms with Gasteiger partial charge in [0.2, 0.25) is 5.88 Å². The van der Waals surface area contributed by atoms with Crippen LogP contribution in [0, 0.1) is 29.3 Å². The third-order valence-electron chi connectivity index (χ3n) is 9.15. The standard InChI is InChI=1S/C33H40F3N3O3Si/c1-19-17-39(18-20(2)31(19)42-43(6,7)33(3,4)5)30-21(16-37-32-22(30)13-14-41-32)15-27(40)26-12-11-25(36)29(38-26)28-23(34)9-8-10-24(28)35/h8-12,16,19-20,31H,13-15,17-18H2,1-7H3/t19-,20+,31?. The Morgan fingerprint density at radius 2 is 1.70 bits per heavy atom. The van der Waals surface area contributed by atoms with Crippen molar-refractivity contribution in [3.63, 3.8) is 0 Å². The highest BCUT2D eigenvalue weighted by Crippen LogP contribution is 2.43. The van der Waals surface area contributed by atoms with Gasteiger partial charge in [0.25, 0.3) is 0 Å². The Hall–Kier alpha value is -3.24. The fourth-order valence-electron chi connectivity index (χ4n) is 5.92. The van der Waals surface area contributed by atoms with E-state index in [-0.39, 0.29) is 35.1 Å². The molecule has 10 heteroatoms. The van der Waals surface area contributed by atoms with Crippen molar-refractivity contribution < 1.29 is 27.1 Å². The van der Waals surface area contributed by atoms with E-state index in [1.807, 2.05) is 0 Å². The number of hydrogen-bond acceptors (Lipinski definition) is 6. The molecular formula is C33H40F3N3O3Si. The molecule has 3 atom stereocenters. The Balaban J connectivity index is 1.44. The van der Waals surface area contributed by atoms with Gasteiger partial charge in [0, 0.05) is 43.3 Å². The average molecular weight is 612 g/mol. The summed E-state index contributed by atoms with van der Waals surface area (Å²) in [6.45, 7) is 17.7. The van der Waals surface area contributed by atoms with Crippen LogP contribution in [-0.4, -0.2) is 49.9 Å². The van der Waals surface area contributed by atoms with Crippen molar-refractivity contribution in [1.82, 2.24) is 9.97 Å². The largest absolute Gasteiger partial charge is 0.477 e. The van der Waals surface area contributed by atoms with E-state index < -0.39 is 42.8 Å². The number of ketones is 1. The Morgan fingerprint density at radius 3 is 2.33 bits per heavy atom. The monoisotopic (exact) mass is 611 g/mol. The van der Waals surface area contributed by atoms with Crippen LogP contribution in [0.1, 0.15) is 56.2 Å². The molecule has 0 spiro atoms. The van der Waals surface area contributed by atoms with E-state index in [2.05, 4.69) is 62.6 Å². The molecular weight excluding hydrogens is 571 g/mol. The number of hydrogen-bond donors (Lipinski definition) is 0. The molecule has 4 heterocycles. The fraction of sp³-hybridized carbons (Fsp3) is 0.485. The van der Waals surface area contributed by atoms with Crippen LogP contribution in [0.5, 0.6) is 5.88 Å². The topological polar surface area (TPSA) is 64.6 Å². The predicted molar refractivity (Wildman–Crippen MR) is 164 cm³/mol. The summed E-state index contributed by atoms with van der Waals surface area (Å²) in [6, 6.07) is 5.52. The number of carbonyl (C=O) groups excluding carboxylic acids is 1. The molecule has 0 N–H and O–H groups in total. The molecule has 1 fully saturated rings. The average Bonchev–Trinajstić information content (AvgIpc) is 3.39. The summed E-state index contributed by atoms with van der Waals surface area (Å²) in [5, 5.41) is 0.104. The van der Waals surface area contributed by atoms with Gasteiger partial charge >= 0.3 is 0 Å². The number of ether oxygens (including phenoxy) is 1. The van der Waals surface area contributed by atoms with Crippen molar-refractivity contribution in [3.8, 4) is 17.1 Å². The zero-order valence-corrected chi connectivity index (χ0v) is 26.9. The van der Waals surface area contributed by atoms with Gasteiger partial charge in [-0.15, -0.1) is 0 Å². The van der Waals surface area contributed by atoms with Crippen LogP contribution in [0.15, 0.2) is 36.5 Å². The number of piperidine rings is 1. The van der Waals surface area contributed by atoms with E-state index >= 15 is 0 Å². The molecule has 0 aliphatic carbocycles. The zero-order valence-electron chi connectivity index (χ0n) is 25.9. The van der Waals surface area contributed by atoms with Crippen molar-refractivity contribution >= 4 is 19.8 Å². The fourth-order valence-corrected chi connectivity index (χ4v) is 7.42. The SMILES string of the molecule is C[C@@H]1CN(c2c(CC(=O)c3ccc(F)c(-c4c(F)cccc4F)n3)cnc3c2CCO3)C[C@H](C)C1O[Si](C)(C)C(C)(C)C. The van der Waals surface area contributed by atoms with Gasteiger partial charge in [-0.2, -0.15) is 0 Å².